The van der Waals surface area contributed by atoms with Crippen LogP contribution in [0, 0.1) is 12.7 Å². The van der Waals surface area contributed by atoms with Crippen LogP contribution in [0.5, 0.6) is 5.75 Å². The van der Waals surface area contributed by atoms with Crippen LogP contribution in [0.4, 0.5) is 10.1 Å². The number of aryl methyl sites for hydroxylation is 1. The van der Waals surface area contributed by atoms with Crippen molar-refractivity contribution in [3.63, 3.8) is 0 Å². The molecule has 4 nitrogen and oxygen atoms in total. The summed E-state index contributed by atoms with van der Waals surface area (Å²) in [5, 5.41) is 4.94. The summed E-state index contributed by atoms with van der Waals surface area (Å²) >= 11 is 1.36. The molecule has 1 N–H and O–H groups in total. The molecule has 3 rings (SSSR count). The topological polar surface area (TPSA) is 51.2 Å². The van der Waals surface area contributed by atoms with Gasteiger partial charge in [0.2, 0.25) is 0 Å². The molecule has 0 unspecified atom stereocenters. The van der Waals surface area contributed by atoms with E-state index in [0.29, 0.717) is 5.01 Å². The van der Waals surface area contributed by atoms with Gasteiger partial charge >= 0.3 is 0 Å². The number of hydrogen-bond donors (Lipinski definition) is 1. The summed E-state index contributed by atoms with van der Waals surface area (Å²) in [4.78, 5) is 16.8. The van der Waals surface area contributed by atoms with Gasteiger partial charge in [0.1, 0.15) is 22.3 Å². The van der Waals surface area contributed by atoms with Gasteiger partial charge in [-0.15, -0.1) is 11.3 Å². The van der Waals surface area contributed by atoms with E-state index in [1.165, 1.54) is 17.4 Å². The standard InChI is InChI=1S/C20H19FN2O2S/c1-12(2)25-15-6-4-5-14(10-15)20-23-18(11-26-20)19(24)22-17-9-13(3)7-8-16(17)21/h4-12H,1-3H3,(H,22,24). The molecule has 0 spiro atoms. The van der Waals surface area contributed by atoms with Crippen LogP contribution in [-0.2, 0) is 0 Å². The maximum atomic E-state index is 13.8. The van der Waals surface area contributed by atoms with Crippen LogP contribution >= 0.6 is 11.3 Å². The molecule has 0 aliphatic carbocycles. The van der Waals surface area contributed by atoms with Crippen molar-refractivity contribution >= 4 is 22.9 Å². The lowest BCUT2D eigenvalue weighted by Crippen LogP contribution is -2.13. The van der Waals surface area contributed by atoms with Crippen molar-refractivity contribution in [2.45, 2.75) is 26.9 Å². The minimum atomic E-state index is -0.474. The van der Waals surface area contributed by atoms with Crippen molar-refractivity contribution in [2.24, 2.45) is 0 Å². The van der Waals surface area contributed by atoms with E-state index in [1.807, 2.05) is 45.0 Å². The number of halogens is 1. The molecular formula is C20H19FN2O2S. The van der Waals surface area contributed by atoms with Gasteiger partial charge in [-0.05, 0) is 50.6 Å². The van der Waals surface area contributed by atoms with Gasteiger partial charge in [0, 0.05) is 10.9 Å². The van der Waals surface area contributed by atoms with Gasteiger partial charge < -0.3 is 10.1 Å². The Hall–Kier alpha value is -2.73. The van der Waals surface area contributed by atoms with E-state index < -0.39 is 11.7 Å². The van der Waals surface area contributed by atoms with Crippen molar-refractivity contribution in [2.75, 3.05) is 5.32 Å². The minimum absolute atomic E-state index is 0.0760. The first-order chi connectivity index (χ1) is 12.4. The van der Waals surface area contributed by atoms with Crippen LogP contribution in [0.25, 0.3) is 10.6 Å². The molecule has 0 fully saturated rings. The molecule has 0 aliphatic heterocycles. The first-order valence-electron chi connectivity index (χ1n) is 8.22. The van der Waals surface area contributed by atoms with Crippen LogP contribution in [0.2, 0.25) is 0 Å². The number of benzene rings is 2. The monoisotopic (exact) mass is 370 g/mol. The molecule has 0 saturated heterocycles. The highest BCUT2D eigenvalue weighted by atomic mass is 32.1. The van der Waals surface area contributed by atoms with Gasteiger partial charge in [-0.3, -0.25) is 4.79 Å². The summed E-state index contributed by atoms with van der Waals surface area (Å²) in [5.74, 6) is -0.162. The third-order valence-corrected chi connectivity index (χ3v) is 4.45. The second-order valence-electron chi connectivity index (χ2n) is 6.17. The number of anilines is 1. The number of rotatable bonds is 5. The molecule has 0 bridgehead atoms. The molecule has 134 valence electrons. The molecule has 3 aromatic rings. The molecular weight excluding hydrogens is 351 g/mol. The predicted molar refractivity (Wildman–Crippen MR) is 102 cm³/mol. The first kappa shape index (κ1) is 18.1. The second-order valence-corrected chi connectivity index (χ2v) is 7.03. The zero-order valence-corrected chi connectivity index (χ0v) is 15.6. The van der Waals surface area contributed by atoms with E-state index in [4.69, 9.17) is 4.74 Å². The van der Waals surface area contributed by atoms with E-state index in [1.54, 1.807) is 17.5 Å². The fourth-order valence-corrected chi connectivity index (χ4v) is 3.20. The number of carbonyl (C=O) groups is 1. The Morgan fingerprint density at radius 2 is 2.04 bits per heavy atom. The Balaban J connectivity index is 1.79. The zero-order valence-electron chi connectivity index (χ0n) is 14.7. The third kappa shape index (κ3) is 4.26. The molecule has 0 saturated carbocycles. The Bertz CT molecular complexity index is 937. The molecule has 0 aliphatic rings. The van der Waals surface area contributed by atoms with Crippen LogP contribution in [-0.4, -0.2) is 17.0 Å². The van der Waals surface area contributed by atoms with Crippen molar-refractivity contribution in [3.8, 4) is 16.3 Å². The average molecular weight is 370 g/mol. The largest absolute Gasteiger partial charge is 0.491 e. The number of thiazole rings is 1. The smallest absolute Gasteiger partial charge is 0.275 e. The van der Waals surface area contributed by atoms with Crippen LogP contribution in [0.3, 0.4) is 0 Å². The van der Waals surface area contributed by atoms with Gasteiger partial charge in [0.15, 0.2) is 0 Å². The quantitative estimate of drug-likeness (QED) is 0.663. The van der Waals surface area contributed by atoms with Crippen molar-refractivity contribution in [3.05, 3.63) is 64.9 Å². The number of aromatic nitrogens is 1. The maximum Gasteiger partial charge on any atom is 0.275 e. The maximum absolute atomic E-state index is 13.8. The summed E-state index contributed by atoms with van der Waals surface area (Å²) in [6, 6.07) is 12.1. The number of carbonyl (C=O) groups excluding carboxylic acids is 1. The van der Waals surface area contributed by atoms with Crippen molar-refractivity contribution < 1.29 is 13.9 Å². The summed E-state index contributed by atoms with van der Waals surface area (Å²) in [6.45, 7) is 5.76. The van der Waals surface area contributed by atoms with Gasteiger partial charge in [0.25, 0.3) is 5.91 Å². The number of hydrogen-bond acceptors (Lipinski definition) is 4. The number of amides is 1. The van der Waals surface area contributed by atoms with Crippen LogP contribution in [0.1, 0.15) is 29.9 Å². The van der Waals surface area contributed by atoms with Gasteiger partial charge in [-0.2, -0.15) is 0 Å². The number of ether oxygens (including phenoxy) is 1. The highest BCUT2D eigenvalue weighted by Gasteiger charge is 2.14. The Morgan fingerprint density at radius 1 is 1.23 bits per heavy atom. The fourth-order valence-electron chi connectivity index (χ4n) is 2.41. The Kier molecular flexibility index (Phi) is 5.32. The summed E-state index contributed by atoms with van der Waals surface area (Å²) in [7, 11) is 0. The molecule has 0 atom stereocenters. The zero-order chi connectivity index (χ0) is 18.7. The van der Waals surface area contributed by atoms with E-state index in [9.17, 15) is 9.18 Å². The van der Waals surface area contributed by atoms with Gasteiger partial charge in [-0.1, -0.05) is 18.2 Å². The molecule has 1 aromatic heterocycles. The Labute approximate surface area is 155 Å². The molecule has 1 amide bonds. The van der Waals surface area contributed by atoms with E-state index in [-0.39, 0.29) is 17.5 Å². The van der Waals surface area contributed by atoms with Crippen molar-refractivity contribution in [1.82, 2.24) is 4.98 Å². The molecule has 6 heteroatoms. The van der Waals surface area contributed by atoms with Crippen molar-refractivity contribution in [1.29, 1.82) is 0 Å². The highest BCUT2D eigenvalue weighted by Crippen LogP contribution is 2.28. The van der Waals surface area contributed by atoms with E-state index in [0.717, 1.165) is 16.9 Å². The highest BCUT2D eigenvalue weighted by molar-refractivity contribution is 7.13. The average Bonchev–Trinajstić information content (AvgIpc) is 3.08. The molecule has 0 radical (unpaired) electrons. The number of nitrogens with one attached hydrogen (secondary N) is 1. The summed E-state index contributed by atoms with van der Waals surface area (Å²) < 4.78 is 19.5. The third-order valence-electron chi connectivity index (χ3n) is 3.56. The van der Waals surface area contributed by atoms with Crippen LogP contribution in [0.15, 0.2) is 47.8 Å². The van der Waals surface area contributed by atoms with Gasteiger partial charge in [0.05, 0.1) is 11.8 Å². The molecule has 26 heavy (non-hydrogen) atoms. The van der Waals surface area contributed by atoms with E-state index >= 15 is 0 Å². The summed E-state index contributed by atoms with van der Waals surface area (Å²) in [5.41, 5.74) is 2.13. The SMILES string of the molecule is Cc1ccc(F)c(NC(=O)c2csc(-c3cccc(OC(C)C)c3)n2)c1. The fraction of sp³-hybridized carbons (Fsp3) is 0.200. The Morgan fingerprint density at radius 3 is 2.81 bits per heavy atom. The lowest BCUT2D eigenvalue weighted by molar-refractivity contribution is 0.102. The van der Waals surface area contributed by atoms with Gasteiger partial charge in [-0.25, -0.2) is 9.37 Å². The first-order valence-corrected chi connectivity index (χ1v) is 9.10. The lowest BCUT2D eigenvalue weighted by Gasteiger charge is -2.10. The second kappa shape index (κ2) is 7.66. The normalized spacial score (nSPS) is 10.8. The predicted octanol–water partition coefficient (Wildman–Crippen LogP) is 5.30. The lowest BCUT2D eigenvalue weighted by atomic mass is 10.2. The number of nitrogens with zero attached hydrogens (tertiary/aromatic N) is 1. The van der Waals surface area contributed by atoms with Crippen LogP contribution < -0.4 is 10.1 Å². The summed E-state index contributed by atoms with van der Waals surface area (Å²) in [6.07, 6.45) is 0.0760. The molecule has 1 heterocycles. The minimum Gasteiger partial charge on any atom is -0.491 e. The molecule has 2 aromatic carbocycles. The van der Waals surface area contributed by atoms with E-state index in [2.05, 4.69) is 10.3 Å².